The smallest absolute Gasteiger partial charge is 0.0853 e. The third-order valence-electron chi connectivity index (χ3n) is 0.455. The van der Waals surface area contributed by atoms with Gasteiger partial charge in [-0.25, -0.2) is 5.90 Å². The number of nitrogens with two attached hydrogens (primary N) is 2. The number of rotatable bonds is 2. The molecular weight excluding hydrogens is 163 g/mol. The summed E-state index contributed by atoms with van der Waals surface area (Å²) >= 11 is 0. The van der Waals surface area contributed by atoms with Crippen molar-refractivity contribution in [3.63, 3.8) is 0 Å². The van der Waals surface area contributed by atoms with Crippen molar-refractivity contribution in [1.29, 1.82) is 0 Å². The van der Waals surface area contributed by atoms with Crippen LogP contribution >= 0.6 is 24.8 Å². The molecule has 9 heavy (non-hydrogen) atoms. The van der Waals surface area contributed by atoms with Gasteiger partial charge in [-0.1, -0.05) is 0 Å². The normalized spacial score (nSPS) is 9.33. The maximum atomic E-state index is 5.44. The molecule has 0 aliphatic rings. The van der Waals surface area contributed by atoms with Gasteiger partial charge in [0.1, 0.15) is 0 Å². The Hall–Kier alpha value is 0.460. The molecule has 0 amide bonds. The number of halogens is 2. The van der Waals surface area contributed by atoms with Gasteiger partial charge >= 0.3 is 0 Å². The minimum atomic E-state index is -0.297. The summed E-state index contributed by atoms with van der Waals surface area (Å²) in [4.78, 5) is 4.28. The summed E-state index contributed by atoms with van der Waals surface area (Å²) in [6.07, 6.45) is 0. The van der Waals surface area contributed by atoms with E-state index in [0.29, 0.717) is 6.61 Å². The van der Waals surface area contributed by atoms with E-state index in [9.17, 15) is 0 Å². The highest BCUT2D eigenvalue weighted by molar-refractivity contribution is 5.85. The first-order chi connectivity index (χ1) is 3.06. The average molecular weight is 177 g/mol. The Kier molecular flexibility index (Phi) is 11.9. The van der Waals surface area contributed by atoms with Crippen LogP contribution in [0.15, 0.2) is 0 Å². The molecule has 0 heterocycles. The molecule has 0 saturated heterocycles. The van der Waals surface area contributed by atoms with Gasteiger partial charge in [0.05, 0.1) is 6.61 Å². The van der Waals surface area contributed by atoms with E-state index >= 15 is 0 Å². The molecule has 0 radical (unpaired) electrons. The van der Waals surface area contributed by atoms with Crippen molar-refractivity contribution in [1.82, 2.24) is 0 Å². The summed E-state index contributed by atoms with van der Waals surface area (Å²) < 4.78 is 0. The third-order valence-corrected chi connectivity index (χ3v) is 0.455. The Morgan fingerprint density at radius 3 is 1.67 bits per heavy atom. The van der Waals surface area contributed by atoms with Crippen molar-refractivity contribution < 1.29 is 4.84 Å². The first-order valence-corrected chi connectivity index (χ1v) is 2.17. The van der Waals surface area contributed by atoms with Crippen LogP contribution in [0.5, 0.6) is 0 Å². The van der Waals surface area contributed by atoms with Crippen molar-refractivity contribution in [3.05, 3.63) is 0 Å². The number of hydrogen-bond acceptors (Lipinski definition) is 3. The van der Waals surface area contributed by atoms with Crippen LogP contribution < -0.4 is 11.6 Å². The lowest BCUT2D eigenvalue weighted by atomic mass is 10.1. The monoisotopic (exact) mass is 176 g/mol. The lowest BCUT2D eigenvalue weighted by molar-refractivity contribution is 0.0991. The van der Waals surface area contributed by atoms with Crippen LogP contribution in [0.1, 0.15) is 13.8 Å². The zero-order valence-corrected chi connectivity index (χ0v) is 7.22. The SMILES string of the molecule is CC(C)(N)CON.Cl.Cl. The number of hydrogen-bond donors (Lipinski definition) is 2. The summed E-state index contributed by atoms with van der Waals surface area (Å²) in [6, 6.07) is 0. The van der Waals surface area contributed by atoms with Crippen LogP contribution in [-0.2, 0) is 4.84 Å². The molecule has 4 N–H and O–H groups in total. The Labute approximate surface area is 67.9 Å². The van der Waals surface area contributed by atoms with Crippen molar-refractivity contribution in [2.45, 2.75) is 19.4 Å². The molecule has 0 aliphatic heterocycles. The van der Waals surface area contributed by atoms with Crippen molar-refractivity contribution >= 4 is 24.8 Å². The lowest BCUT2D eigenvalue weighted by Crippen LogP contribution is -2.38. The topological polar surface area (TPSA) is 61.3 Å². The highest BCUT2D eigenvalue weighted by Crippen LogP contribution is 1.92. The molecule has 0 spiro atoms. The zero-order chi connectivity index (χ0) is 5.91. The molecule has 0 saturated carbocycles. The van der Waals surface area contributed by atoms with E-state index in [-0.39, 0.29) is 30.4 Å². The first-order valence-electron chi connectivity index (χ1n) is 2.17. The summed E-state index contributed by atoms with van der Waals surface area (Å²) in [5.74, 6) is 4.73. The van der Waals surface area contributed by atoms with Crippen molar-refractivity contribution in [2.24, 2.45) is 11.6 Å². The van der Waals surface area contributed by atoms with Gasteiger partial charge in [-0.15, -0.1) is 24.8 Å². The van der Waals surface area contributed by atoms with Crippen LogP contribution in [0, 0.1) is 0 Å². The fourth-order valence-electron chi connectivity index (χ4n) is 0.215. The maximum absolute atomic E-state index is 5.44. The van der Waals surface area contributed by atoms with E-state index in [2.05, 4.69) is 4.84 Å². The van der Waals surface area contributed by atoms with Gasteiger partial charge < -0.3 is 10.6 Å². The summed E-state index contributed by atoms with van der Waals surface area (Å²) in [7, 11) is 0. The zero-order valence-electron chi connectivity index (χ0n) is 5.59. The van der Waals surface area contributed by atoms with Gasteiger partial charge in [-0.3, -0.25) is 0 Å². The highest BCUT2D eigenvalue weighted by atomic mass is 35.5. The Balaban J connectivity index is -0.000000180. The second-order valence-corrected chi connectivity index (χ2v) is 2.30. The molecule has 0 fully saturated rings. The highest BCUT2D eigenvalue weighted by Gasteiger charge is 2.08. The predicted molar refractivity (Wildman–Crippen MR) is 42.9 cm³/mol. The van der Waals surface area contributed by atoms with Gasteiger partial charge in [-0.05, 0) is 13.8 Å². The van der Waals surface area contributed by atoms with Crippen LogP contribution in [0.4, 0.5) is 0 Å². The molecule has 0 aromatic heterocycles. The van der Waals surface area contributed by atoms with Crippen LogP contribution in [-0.4, -0.2) is 12.1 Å². The standard InChI is InChI=1S/C4H12N2O.2ClH/c1-4(2,5)3-7-6;;/h3,5-6H2,1-2H3;2*1H. The van der Waals surface area contributed by atoms with E-state index in [1.165, 1.54) is 0 Å². The molecule has 0 unspecified atom stereocenters. The molecule has 0 bridgehead atoms. The van der Waals surface area contributed by atoms with Crippen LogP contribution in [0.3, 0.4) is 0 Å². The average Bonchev–Trinajstić information content (AvgIpc) is 1.30. The third kappa shape index (κ3) is 17.7. The Morgan fingerprint density at radius 1 is 1.33 bits per heavy atom. The van der Waals surface area contributed by atoms with Gasteiger partial charge in [0.2, 0.25) is 0 Å². The fourth-order valence-corrected chi connectivity index (χ4v) is 0.215. The molecule has 0 aromatic carbocycles. The largest absolute Gasteiger partial charge is 0.324 e. The lowest BCUT2D eigenvalue weighted by Gasteiger charge is -2.14. The van der Waals surface area contributed by atoms with E-state index in [0.717, 1.165) is 0 Å². The second kappa shape index (κ2) is 6.58. The fraction of sp³-hybridized carbons (Fsp3) is 1.00. The van der Waals surface area contributed by atoms with E-state index in [1.807, 2.05) is 13.8 Å². The van der Waals surface area contributed by atoms with Gasteiger partial charge in [0.25, 0.3) is 0 Å². The van der Waals surface area contributed by atoms with Crippen LogP contribution in [0.25, 0.3) is 0 Å². The molecule has 0 aromatic rings. The quantitative estimate of drug-likeness (QED) is 0.602. The van der Waals surface area contributed by atoms with Gasteiger partial charge in [-0.2, -0.15) is 0 Å². The predicted octanol–water partition coefficient (Wildman–Crippen LogP) is 0.458. The Bertz CT molecular complexity index is 55.0. The summed E-state index contributed by atoms with van der Waals surface area (Å²) in [6.45, 7) is 4.09. The molecule has 3 nitrogen and oxygen atoms in total. The van der Waals surface area contributed by atoms with Crippen molar-refractivity contribution in [2.75, 3.05) is 6.61 Å². The van der Waals surface area contributed by atoms with Gasteiger partial charge in [0, 0.05) is 5.54 Å². The molecule has 0 rings (SSSR count). The molecule has 0 aliphatic carbocycles. The van der Waals surface area contributed by atoms with E-state index in [4.69, 9.17) is 11.6 Å². The van der Waals surface area contributed by atoms with Gasteiger partial charge in [0.15, 0.2) is 0 Å². The minimum absolute atomic E-state index is 0. The van der Waals surface area contributed by atoms with Crippen molar-refractivity contribution in [3.8, 4) is 0 Å². The Morgan fingerprint density at radius 2 is 1.67 bits per heavy atom. The molecule has 0 atom stereocenters. The minimum Gasteiger partial charge on any atom is -0.324 e. The molecule has 5 heteroatoms. The summed E-state index contributed by atoms with van der Waals surface area (Å²) in [5, 5.41) is 0. The molecule has 60 valence electrons. The molecular formula is C4H14Cl2N2O. The van der Waals surface area contributed by atoms with E-state index in [1.54, 1.807) is 0 Å². The second-order valence-electron chi connectivity index (χ2n) is 2.30. The maximum Gasteiger partial charge on any atom is 0.0853 e. The first kappa shape index (κ1) is 16.2. The van der Waals surface area contributed by atoms with Crippen LogP contribution in [0.2, 0.25) is 0 Å². The summed E-state index contributed by atoms with van der Waals surface area (Å²) in [5.41, 5.74) is 5.14. The van der Waals surface area contributed by atoms with E-state index < -0.39 is 0 Å².